The van der Waals surface area contributed by atoms with E-state index in [1.54, 1.807) is 0 Å². The maximum atomic E-state index is 12.5. The van der Waals surface area contributed by atoms with Crippen LogP contribution in [0.2, 0.25) is 0 Å². The Hall–Kier alpha value is -0.860. The molecule has 0 saturated carbocycles. The number of ketones is 1. The van der Waals surface area contributed by atoms with E-state index in [1.165, 1.54) is 0 Å². The molecule has 0 aliphatic rings. The lowest BCUT2D eigenvalue weighted by Gasteiger charge is -2.29. The molecule has 0 fully saturated rings. The van der Waals surface area contributed by atoms with E-state index in [2.05, 4.69) is 41.5 Å². The highest BCUT2D eigenvalue weighted by molar-refractivity contribution is 5.83. The van der Waals surface area contributed by atoms with Gasteiger partial charge in [-0.2, -0.15) is 0 Å². The molecule has 3 heteroatoms. The van der Waals surface area contributed by atoms with Crippen molar-refractivity contribution in [3.63, 3.8) is 0 Å². The molecule has 0 radical (unpaired) electrons. The van der Waals surface area contributed by atoms with Crippen molar-refractivity contribution in [3.8, 4) is 0 Å². The molecule has 0 amide bonds. The van der Waals surface area contributed by atoms with Crippen molar-refractivity contribution in [3.05, 3.63) is 0 Å². The number of esters is 1. The van der Waals surface area contributed by atoms with Gasteiger partial charge < -0.3 is 4.74 Å². The van der Waals surface area contributed by atoms with Gasteiger partial charge in [0.15, 0.2) is 0 Å². The molecule has 0 saturated heterocycles. The number of hydrogen-bond donors (Lipinski definition) is 0. The number of unbranched alkanes of at least 4 members (excludes halogenated alkanes) is 2. The average Bonchev–Trinajstić information content (AvgIpc) is 2.37. The summed E-state index contributed by atoms with van der Waals surface area (Å²) in [5.41, 5.74) is -0.0237. The molecule has 0 bridgehead atoms. The molecular formula is C24H50O3. The summed E-state index contributed by atoms with van der Waals surface area (Å²) in [4.78, 5) is 24.4. The van der Waals surface area contributed by atoms with Crippen molar-refractivity contribution < 1.29 is 14.3 Å². The molecule has 0 aliphatic heterocycles. The van der Waals surface area contributed by atoms with E-state index in [0.29, 0.717) is 18.8 Å². The zero-order valence-corrected chi connectivity index (χ0v) is 18.3. The summed E-state index contributed by atoms with van der Waals surface area (Å²) in [6, 6.07) is 0. The zero-order valence-electron chi connectivity index (χ0n) is 18.3. The van der Waals surface area contributed by atoms with Crippen molar-refractivity contribution in [2.45, 2.75) is 116 Å². The lowest BCUT2D eigenvalue weighted by atomic mass is 9.77. The second kappa shape index (κ2) is 12.6. The number of rotatable bonds is 9. The van der Waals surface area contributed by atoms with Crippen molar-refractivity contribution >= 4 is 11.8 Å². The number of hydrogen-bond acceptors (Lipinski definition) is 3. The Balaban J connectivity index is -0.00000288. The van der Waals surface area contributed by atoms with Crippen molar-refractivity contribution in [2.24, 2.45) is 22.2 Å². The number of carbonyl (C=O) groups is 2. The van der Waals surface area contributed by atoms with Gasteiger partial charge in [0.05, 0.1) is 12.5 Å². The van der Waals surface area contributed by atoms with Gasteiger partial charge in [-0.1, -0.05) is 77.2 Å². The predicted molar refractivity (Wildman–Crippen MR) is 119 cm³/mol. The summed E-state index contributed by atoms with van der Waals surface area (Å²) in [5.74, 6) is 0.206. The lowest BCUT2D eigenvalue weighted by molar-refractivity contribution is -0.151. The zero-order chi connectivity index (χ0) is 19.9. The number of carbonyl (C=O) groups excluding carboxylic acids is 2. The second-order valence-corrected chi connectivity index (χ2v) is 10.9. The lowest BCUT2D eigenvalue weighted by Crippen LogP contribution is -2.27. The Bertz CT molecular complexity index is 400. The summed E-state index contributed by atoms with van der Waals surface area (Å²) >= 11 is 0. The molecule has 0 aromatic heterocycles. The molecule has 164 valence electrons. The Morgan fingerprint density at radius 2 is 1.19 bits per heavy atom. The van der Waals surface area contributed by atoms with Crippen LogP contribution in [0.3, 0.4) is 0 Å². The number of ether oxygens (including phenoxy) is 1. The Morgan fingerprint density at radius 1 is 0.741 bits per heavy atom. The third-order valence-corrected chi connectivity index (χ3v) is 4.18. The van der Waals surface area contributed by atoms with Crippen LogP contribution in [0, 0.1) is 22.2 Å². The standard InChI is InChI=1S/C22H42O3.2CH4/c1-20(2,3)15-17(16-21(4,5)6)19(24)25-14-12-10-11-13-18(23)22(7,8)9;;/h17H,10-16H2,1-9H3;2*1H4. The van der Waals surface area contributed by atoms with Crippen LogP contribution in [0.1, 0.15) is 116 Å². The molecule has 3 nitrogen and oxygen atoms in total. The van der Waals surface area contributed by atoms with Gasteiger partial charge in [-0.15, -0.1) is 0 Å². The largest absolute Gasteiger partial charge is 0.465 e. The van der Waals surface area contributed by atoms with E-state index in [0.717, 1.165) is 32.1 Å². The third kappa shape index (κ3) is 17.0. The minimum Gasteiger partial charge on any atom is -0.465 e. The molecule has 0 rings (SSSR count). The maximum Gasteiger partial charge on any atom is 0.308 e. The van der Waals surface area contributed by atoms with Crippen LogP contribution in [0.15, 0.2) is 0 Å². The summed E-state index contributed by atoms with van der Waals surface area (Å²) in [5, 5.41) is 0. The Labute approximate surface area is 171 Å². The monoisotopic (exact) mass is 386 g/mol. The average molecular weight is 387 g/mol. The first-order valence-electron chi connectivity index (χ1n) is 9.82. The first-order valence-corrected chi connectivity index (χ1v) is 9.82. The Kier molecular flexibility index (Phi) is 14.4. The van der Waals surface area contributed by atoms with Gasteiger partial charge in [-0.25, -0.2) is 0 Å². The molecule has 0 aromatic carbocycles. The minimum atomic E-state index is -0.250. The maximum absolute atomic E-state index is 12.5. The molecule has 0 spiro atoms. The SMILES string of the molecule is C.C.CC(C)(C)CC(CC(C)(C)C)C(=O)OCCCCCC(=O)C(C)(C)C. The fraction of sp³-hybridized carbons (Fsp3) is 0.917. The fourth-order valence-electron chi connectivity index (χ4n) is 2.95. The second-order valence-electron chi connectivity index (χ2n) is 10.9. The quantitative estimate of drug-likeness (QED) is 0.305. The van der Waals surface area contributed by atoms with Crippen LogP contribution in [-0.2, 0) is 14.3 Å². The van der Waals surface area contributed by atoms with E-state index in [4.69, 9.17) is 4.74 Å². The summed E-state index contributed by atoms with van der Waals surface area (Å²) < 4.78 is 5.55. The van der Waals surface area contributed by atoms with Crippen molar-refractivity contribution in [1.82, 2.24) is 0 Å². The molecular weight excluding hydrogens is 336 g/mol. The van der Waals surface area contributed by atoms with Crippen LogP contribution < -0.4 is 0 Å². The van der Waals surface area contributed by atoms with Gasteiger partial charge in [0, 0.05) is 11.8 Å². The van der Waals surface area contributed by atoms with Gasteiger partial charge in [-0.3, -0.25) is 9.59 Å². The van der Waals surface area contributed by atoms with Crippen molar-refractivity contribution in [2.75, 3.05) is 6.61 Å². The molecule has 0 aromatic rings. The minimum absolute atomic E-state index is 0. The molecule has 0 heterocycles. The van der Waals surface area contributed by atoms with E-state index >= 15 is 0 Å². The third-order valence-electron chi connectivity index (χ3n) is 4.18. The topological polar surface area (TPSA) is 43.4 Å². The highest BCUT2D eigenvalue weighted by atomic mass is 16.5. The summed E-state index contributed by atoms with van der Waals surface area (Å²) in [6.45, 7) is 19.4. The van der Waals surface area contributed by atoms with Gasteiger partial charge >= 0.3 is 5.97 Å². The number of Topliss-reactive ketones (excluding diaryl/α,β-unsaturated/α-hetero) is 1. The van der Waals surface area contributed by atoms with Crippen LogP contribution in [0.5, 0.6) is 0 Å². The van der Waals surface area contributed by atoms with E-state index in [1.807, 2.05) is 20.8 Å². The molecule has 27 heavy (non-hydrogen) atoms. The highest BCUT2D eigenvalue weighted by Gasteiger charge is 2.30. The van der Waals surface area contributed by atoms with E-state index < -0.39 is 0 Å². The Morgan fingerprint density at radius 3 is 1.56 bits per heavy atom. The predicted octanol–water partition coefficient (Wildman–Crippen LogP) is 7.47. The van der Waals surface area contributed by atoms with Crippen LogP contribution in [0.25, 0.3) is 0 Å². The summed E-state index contributed by atoms with van der Waals surface area (Å²) in [6.07, 6.45) is 4.96. The fourth-order valence-corrected chi connectivity index (χ4v) is 2.95. The van der Waals surface area contributed by atoms with Gasteiger partial charge in [0.1, 0.15) is 5.78 Å². The van der Waals surface area contributed by atoms with Gasteiger partial charge in [0.2, 0.25) is 0 Å². The van der Waals surface area contributed by atoms with Crippen LogP contribution >= 0.6 is 0 Å². The van der Waals surface area contributed by atoms with E-state index in [9.17, 15) is 9.59 Å². The van der Waals surface area contributed by atoms with E-state index in [-0.39, 0.29) is 43.0 Å². The molecule has 0 aliphatic carbocycles. The molecule has 0 atom stereocenters. The first kappa shape index (κ1) is 30.9. The smallest absolute Gasteiger partial charge is 0.308 e. The van der Waals surface area contributed by atoms with Gasteiger partial charge in [0.25, 0.3) is 0 Å². The van der Waals surface area contributed by atoms with Crippen LogP contribution in [-0.4, -0.2) is 18.4 Å². The normalized spacial score (nSPS) is 12.2. The first-order chi connectivity index (χ1) is 11.1. The van der Waals surface area contributed by atoms with Crippen molar-refractivity contribution in [1.29, 1.82) is 0 Å². The molecule has 0 N–H and O–H groups in total. The van der Waals surface area contributed by atoms with Crippen LogP contribution in [0.4, 0.5) is 0 Å². The summed E-state index contributed by atoms with van der Waals surface area (Å²) in [7, 11) is 0. The molecule has 0 unspecified atom stereocenters. The van der Waals surface area contributed by atoms with Gasteiger partial charge in [-0.05, 0) is 42.9 Å². The highest BCUT2D eigenvalue weighted by Crippen LogP contribution is 2.33.